The maximum Gasteiger partial charge on any atom is 0.189 e. The number of aryl methyl sites for hydroxylation is 2. The maximum atomic E-state index is 5.96. The molecular weight excluding hydrogens is 383 g/mol. The third-order valence-electron chi connectivity index (χ3n) is 3.66. The van der Waals surface area contributed by atoms with Gasteiger partial charge in [0.25, 0.3) is 0 Å². The Labute approximate surface area is 142 Å². The van der Waals surface area contributed by atoms with Crippen molar-refractivity contribution < 1.29 is 0 Å². The molecule has 0 bridgehead atoms. The Morgan fingerprint density at radius 2 is 1.95 bits per heavy atom. The monoisotopic (exact) mass is 408 g/mol. The lowest BCUT2D eigenvalue weighted by atomic mass is 10.1. The van der Waals surface area contributed by atoms with Crippen molar-refractivity contribution in [3.05, 3.63) is 15.6 Å². The van der Waals surface area contributed by atoms with E-state index >= 15 is 0 Å². The first-order chi connectivity index (χ1) is 9.15. The summed E-state index contributed by atoms with van der Waals surface area (Å²) in [5.74, 6) is 0.567. The van der Waals surface area contributed by atoms with E-state index in [-0.39, 0.29) is 24.0 Å². The molecule has 1 aliphatic carbocycles. The lowest BCUT2D eigenvalue weighted by molar-refractivity contribution is 0.530. The predicted molar refractivity (Wildman–Crippen MR) is 97.0 cm³/mol. The summed E-state index contributed by atoms with van der Waals surface area (Å²) in [5.41, 5.74) is 7.07. The number of thiazole rings is 1. The molecule has 114 valence electrons. The van der Waals surface area contributed by atoms with Gasteiger partial charge in [-0.05, 0) is 26.7 Å². The van der Waals surface area contributed by atoms with Crippen LogP contribution in [-0.4, -0.2) is 17.0 Å². The minimum absolute atomic E-state index is 0. The van der Waals surface area contributed by atoms with Gasteiger partial charge in [-0.15, -0.1) is 35.3 Å². The second-order valence-electron chi connectivity index (χ2n) is 5.28. The van der Waals surface area contributed by atoms with Crippen LogP contribution < -0.4 is 11.1 Å². The number of nitrogens with one attached hydrogen (secondary N) is 1. The number of halogens is 1. The van der Waals surface area contributed by atoms with E-state index in [1.165, 1.54) is 43.4 Å². The van der Waals surface area contributed by atoms with Gasteiger partial charge in [0.1, 0.15) is 5.01 Å². The molecule has 0 radical (unpaired) electrons. The highest BCUT2D eigenvalue weighted by atomic mass is 127. The Morgan fingerprint density at radius 1 is 1.30 bits per heavy atom. The molecule has 1 aliphatic rings. The molecule has 0 spiro atoms. The molecule has 0 amide bonds. The van der Waals surface area contributed by atoms with E-state index in [1.54, 1.807) is 11.3 Å². The third-order valence-corrected chi connectivity index (χ3v) is 4.72. The molecule has 0 atom stereocenters. The molecule has 4 nitrogen and oxygen atoms in total. The van der Waals surface area contributed by atoms with Crippen LogP contribution >= 0.6 is 35.3 Å². The summed E-state index contributed by atoms with van der Waals surface area (Å²) < 4.78 is 0. The average Bonchev–Trinajstić information content (AvgIpc) is 2.58. The molecule has 1 fully saturated rings. The first-order valence-corrected chi connectivity index (χ1v) is 7.96. The summed E-state index contributed by atoms with van der Waals surface area (Å²) in [6.45, 7) is 4.71. The van der Waals surface area contributed by atoms with Crippen LogP contribution in [0.5, 0.6) is 0 Å². The summed E-state index contributed by atoms with van der Waals surface area (Å²) in [6, 6.07) is 0.506. The van der Waals surface area contributed by atoms with Gasteiger partial charge in [-0.2, -0.15) is 0 Å². The Balaban J connectivity index is 0.00000200. The molecule has 0 unspecified atom stereocenters. The van der Waals surface area contributed by atoms with Crippen molar-refractivity contribution in [2.24, 2.45) is 10.7 Å². The normalized spacial score (nSPS) is 17.4. The smallest absolute Gasteiger partial charge is 0.189 e. The number of nitrogens with two attached hydrogens (primary N) is 1. The summed E-state index contributed by atoms with van der Waals surface area (Å²) >= 11 is 1.70. The predicted octanol–water partition coefficient (Wildman–Crippen LogP) is 3.51. The highest BCUT2D eigenvalue weighted by Gasteiger charge is 2.12. The van der Waals surface area contributed by atoms with E-state index in [1.807, 2.05) is 6.92 Å². The maximum absolute atomic E-state index is 5.96. The largest absolute Gasteiger partial charge is 0.370 e. The van der Waals surface area contributed by atoms with E-state index in [9.17, 15) is 0 Å². The number of hydrogen-bond acceptors (Lipinski definition) is 3. The van der Waals surface area contributed by atoms with Crippen molar-refractivity contribution in [2.45, 2.75) is 65.0 Å². The SMILES string of the molecule is Cc1nc(CN=C(N)NC2CCCCCC2)sc1C.I. The zero-order chi connectivity index (χ0) is 13.7. The van der Waals surface area contributed by atoms with Gasteiger partial charge in [0.05, 0.1) is 12.2 Å². The average molecular weight is 408 g/mol. The zero-order valence-electron chi connectivity index (χ0n) is 12.3. The fourth-order valence-corrected chi connectivity index (χ4v) is 3.30. The first kappa shape index (κ1) is 17.7. The van der Waals surface area contributed by atoms with Gasteiger partial charge in [0, 0.05) is 10.9 Å². The Hall–Kier alpha value is -0.370. The Morgan fingerprint density at radius 3 is 2.50 bits per heavy atom. The molecule has 3 N–H and O–H groups in total. The molecule has 1 saturated carbocycles. The highest BCUT2D eigenvalue weighted by molar-refractivity contribution is 14.0. The molecule has 1 aromatic rings. The summed E-state index contributed by atoms with van der Waals surface area (Å²) in [4.78, 5) is 10.1. The van der Waals surface area contributed by atoms with Crippen molar-refractivity contribution in [1.82, 2.24) is 10.3 Å². The number of nitrogens with zero attached hydrogens (tertiary/aromatic N) is 2. The topological polar surface area (TPSA) is 63.3 Å². The third kappa shape index (κ3) is 5.55. The second kappa shape index (κ2) is 8.81. The molecule has 0 aromatic carbocycles. The molecule has 0 saturated heterocycles. The van der Waals surface area contributed by atoms with Crippen LogP contribution in [0.15, 0.2) is 4.99 Å². The van der Waals surface area contributed by atoms with Gasteiger partial charge < -0.3 is 11.1 Å². The Kier molecular flexibility index (Phi) is 7.79. The quantitative estimate of drug-likeness (QED) is 0.348. The number of rotatable bonds is 3. The zero-order valence-corrected chi connectivity index (χ0v) is 15.5. The molecule has 0 aliphatic heterocycles. The van der Waals surface area contributed by atoms with E-state index < -0.39 is 0 Å². The molecule has 2 rings (SSSR count). The molecule has 1 aromatic heterocycles. The standard InChI is InChI=1S/C14H24N4S.HI/c1-10-11(2)19-13(17-10)9-16-14(15)18-12-7-5-3-4-6-8-12;/h12H,3-9H2,1-2H3,(H3,15,16,18);1H. The molecular formula is C14H25IN4S. The summed E-state index contributed by atoms with van der Waals surface area (Å²) in [5, 5.41) is 4.40. The molecule has 6 heteroatoms. The van der Waals surface area contributed by atoms with Gasteiger partial charge in [-0.3, -0.25) is 0 Å². The van der Waals surface area contributed by atoms with Gasteiger partial charge in [0.2, 0.25) is 0 Å². The number of hydrogen-bond donors (Lipinski definition) is 2. The molecule has 20 heavy (non-hydrogen) atoms. The fraction of sp³-hybridized carbons (Fsp3) is 0.714. The lowest BCUT2D eigenvalue weighted by Gasteiger charge is -2.16. The van der Waals surface area contributed by atoms with Crippen LogP contribution in [0.2, 0.25) is 0 Å². The van der Waals surface area contributed by atoms with E-state index in [0.717, 1.165) is 10.7 Å². The van der Waals surface area contributed by atoms with Crippen LogP contribution in [0.4, 0.5) is 0 Å². The number of guanidine groups is 1. The van der Waals surface area contributed by atoms with E-state index in [4.69, 9.17) is 5.73 Å². The first-order valence-electron chi connectivity index (χ1n) is 7.14. The summed E-state index contributed by atoms with van der Waals surface area (Å²) in [7, 11) is 0. The van der Waals surface area contributed by atoms with Crippen LogP contribution in [0.1, 0.15) is 54.1 Å². The van der Waals surface area contributed by atoms with Crippen LogP contribution in [-0.2, 0) is 6.54 Å². The van der Waals surface area contributed by atoms with Gasteiger partial charge >= 0.3 is 0 Å². The second-order valence-corrected chi connectivity index (χ2v) is 6.57. The lowest BCUT2D eigenvalue weighted by Crippen LogP contribution is -2.39. The molecule has 1 heterocycles. The van der Waals surface area contributed by atoms with Crippen molar-refractivity contribution in [3.63, 3.8) is 0 Å². The summed E-state index contributed by atoms with van der Waals surface area (Å²) in [6.07, 6.45) is 7.74. The van der Waals surface area contributed by atoms with E-state index in [0.29, 0.717) is 18.5 Å². The minimum atomic E-state index is 0. The van der Waals surface area contributed by atoms with Crippen molar-refractivity contribution >= 4 is 41.3 Å². The minimum Gasteiger partial charge on any atom is -0.370 e. The van der Waals surface area contributed by atoms with Crippen LogP contribution in [0, 0.1) is 13.8 Å². The Bertz CT molecular complexity index is 417. The van der Waals surface area contributed by atoms with Gasteiger partial charge in [0.15, 0.2) is 5.96 Å². The highest BCUT2D eigenvalue weighted by Crippen LogP contribution is 2.18. The van der Waals surface area contributed by atoms with Gasteiger partial charge in [-0.25, -0.2) is 9.98 Å². The van der Waals surface area contributed by atoms with Crippen molar-refractivity contribution in [2.75, 3.05) is 0 Å². The van der Waals surface area contributed by atoms with Crippen molar-refractivity contribution in [3.8, 4) is 0 Å². The van der Waals surface area contributed by atoms with Gasteiger partial charge in [-0.1, -0.05) is 25.7 Å². The number of aromatic nitrogens is 1. The fourth-order valence-electron chi connectivity index (χ4n) is 2.44. The van der Waals surface area contributed by atoms with Crippen molar-refractivity contribution in [1.29, 1.82) is 0 Å². The van der Waals surface area contributed by atoms with Crippen LogP contribution in [0.25, 0.3) is 0 Å². The number of aliphatic imine (C=N–C) groups is 1. The van der Waals surface area contributed by atoms with E-state index in [2.05, 4.69) is 22.2 Å². The van der Waals surface area contributed by atoms with Crippen LogP contribution in [0.3, 0.4) is 0 Å².